The van der Waals surface area contributed by atoms with Crippen molar-refractivity contribution in [2.45, 2.75) is 19.3 Å². The second-order valence-corrected chi connectivity index (χ2v) is 7.84. The van der Waals surface area contributed by atoms with Crippen molar-refractivity contribution in [3.05, 3.63) is 90.4 Å². The quantitative estimate of drug-likeness (QED) is 0.311. The molecule has 33 heavy (non-hydrogen) atoms. The maximum atomic E-state index is 14.4. The second-order valence-electron chi connectivity index (χ2n) is 7.84. The van der Waals surface area contributed by atoms with Gasteiger partial charge >= 0.3 is 0 Å². The molecule has 2 heterocycles. The first-order valence-electron chi connectivity index (χ1n) is 11.0. The minimum Gasteiger partial charge on any atom is -0.457 e. The maximum absolute atomic E-state index is 14.4. The van der Waals surface area contributed by atoms with E-state index in [9.17, 15) is 4.39 Å². The number of para-hydroxylation sites is 1. The predicted molar refractivity (Wildman–Crippen MR) is 129 cm³/mol. The van der Waals surface area contributed by atoms with Crippen LogP contribution in [-0.2, 0) is 6.42 Å². The van der Waals surface area contributed by atoms with Crippen LogP contribution in [0.5, 0.6) is 11.5 Å². The van der Waals surface area contributed by atoms with Crippen molar-refractivity contribution >= 4 is 28.8 Å². The molecule has 0 fully saturated rings. The maximum Gasteiger partial charge on any atom is 0.229 e. The number of nitrogens with one attached hydrogen (secondary N) is 3. The van der Waals surface area contributed by atoms with Gasteiger partial charge in [0.25, 0.3) is 0 Å². The van der Waals surface area contributed by atoms with Crippen molar-refractivity contribution in [2.75, 3.05) is 22.5 Å². The van der Waals surface area contributed by atoms with Crippen LogP contribution in [0.2, 0.25) is 0 Å². The molecule has 0 radical (unpaired) electrons. The Bertz CT molecular complexity index is 1230. The minimum atomic E-state index is -0.518. The van der Waals surface area contributed by atoms with Gasteiger partial charge in [-0.25, -0.2) is 9.37 Å². The van der Waals surface area contributed by atoms with Gasteiger partial charge in [-0.2, -0.15) is 4.98 Å². The lowest BCUT2D eigenvalue weighted by molar-refractivity contribution is 0.483. The molecule has 0 aliphatic carbocycles. The molecule has 0 saturated carbocycles. The number of anilines is 5. The Morgan fingerprint density at radius 2 is 1.64 bits per heavy atom. The Balaban J connectivity index is 1.28. The van der Waals surface area contributed by atoms with E-state index in [-0.39, 0.29) is 5.82 Å². The van der Waals surface area contributed by atoms with Gasteiger partial charge in [-0.05, 0) is 73.4 Å². The van der Waals surface area contributed by atoms with Gasteiger partial charge in [0, 0.05) is 23.6 Å². The third-order valence-corrected chi connectivity index (χ3v) is 5.39. The van der Waals surface area contributed by atoms with Gasteiger partial charge in [0.15, 0.2) is 11.6 Å². The number of aryl methyl sites for hydroxylation is 1. The summed E-state index contributed by atoms with van der Waals surface area (Å²) >= 11 is 0. The Labute approximate surface area is 191 Å². The van der Waals surface area contributed by atoms with E-state index in [4.69, 9.17) is 4.74 Å². The zero-order valence-electron chi connectivity index (χ0n) is 18.0. The summed E-state index contributed by atoms with van der Waals surface area (Å²) in [4.78, 5) is 8.39. The van der Waals surface area contributed by atoms with E-state index >= 15 is 0 Å². The highest BCUT2D eigenvalue weighted by atomic mass is 19.1. The summed E-state index contributed by atoms with van der Waals surface area (Å²) in [5, 5.41) is 9.63. The monoisotopic (exact) mass is 441 g/mol. The molecule has 7 heteroatoms. The van der Waals surface area contributed by atoms with E-state index in [1.165, 1.54) is 12.0 Å². The Kier molecular flexibility index (Phi) is 6.01. The third kappa shape index (κ3) is 5.20. The average molecular weight is 442 g/mol. The summed E-state index contributed by atoms with van der Waals surface area (Å²) in [5.74, 6) is 1.37. The molecule has 5 rings (SSSR count). The molecule has 166 valence electrons. The van der Waals surface area contributed by atoms with Crippen LogP contribution in [-0.4, -0.2) is 16.5 Å². The second kappa shape index (κ2) is 9.56. The van der Waals surface area contributed by atoms with Crippen LogP contribution in [0.15, 0.2) is 79.0 Å². The lowest BCUT2D eigenvalue weighted by Gasteiger charge is -2.13. The lowest BCUT2D eigenvalue weighted by Crippen LogP contribution is -2.04. The van der Waals surface area contributed by atoms with Gasteiger partial charge in [0.1, 0.15) is 11.5 Å². The summed E-state index contributed by atoms with van der Waals surface area (Å²) in [6.07, 6.45) is 4.52. The van der Waals surface area contributed by atoms with E-state index in [1.54, 1.807) is 0 Å². The van der Waals surface area contributed by atoms with Crippen LogP contribution in [0.1, 0.15) is 18.4 Å². The molecular formula is C26H24FN5O. The smallest absolute Gasteiger partial charge is 0.229 e. The van der Waals surface area contributed by atoms with Crippen LogP contribution >= 0.6 is 0 Å². The fourth-order valence-corrected chi connectivity index (χ4v) is 3.71. The van der Waals surface area contributed by atoms with Gasteiger partial charge in [-0.3, -0.25) is 0 Å². The topological polar surface area (TPSA) is 71.1 Å². The van der Waals surface area contributed by atoms with Crippen molar-refractivity contribution in [3.8, 4) is 11.5 Å². The molecule has 3 aromatic carbocycles. The van der Waals surface area contributed by atoms with Gasteiger partial charge in [-0.15, -0.1) is 0 Å². The van der Waals surface area contributed by atoms with Crippen molar-refractivity contribution in [3.63, 3.8) is 0 Å². The van der Waals surface area contributed by atoms with Crippen LogP contribution in [0.3, 0.4) is 0 Å². The van der Waals surface area contributed by atoms with Gasteiger partial charge in [0.2, 0.25) is 5.95 Å². The normalized spacial score (nSPS) is 12.8. The number of benzene rings is 3. The molecule has 0 bridgehead atoms. The van der Waals surface area contributed by atoms with Crippen LogP contribution in [0, 0.1) is 5.82 Å². The van der Waals surface area contributed by atoms with Crippen LogP contribution < -0.4 is 20.7 Å². The fraction of sp³-hybridized carbons (Fsp3) is 0.154. The first kappa shape index (κ1) is 20.8. The standard InChI is InChI=1S/C26H24FN5O/c27-23-17-29-26(31-19-11-13-22(14-12-19)33-21-7-2-1-3-8-21)32-25(23)30-20-10-9-18-6-4-5-15-28-24(18)16-20/h1-3,7-14,16-17,28H,4-6,15H2,(H2,29,30,31,32). The summed E-state index contributed by atoms with van der Waals surface area (Å²) in [7, 11) is 0. The van der Waals surface area contributed by atoms with Gasteiger partial charge < -0.3 is 20.7 Å². The molecule has 0 spiro atoms. The largest absolute Gasteiger partial charge is 0.457 e. The zero-order chi connectivity index (χ0) is 22.5. The average Bonchev–Trinajstić information content (AvgIpc) is 3.08. The minimum absolute atomic E-state index is 0.116. The molecule has 6 nitrogen and oxygen atoms in total. The van der Waals surface area contributed by atoms with Crippen LogP contribution in [0.4, 0.5) is 33.2 Å². The van der Waals surface area contributed by atoms with Crippen molar-refractivity contribution < 1.29 is 9.13 Å². The first-order valence-corrected chi connectivity index (χ1v) is 11.0. The number of nitrogens with zero attached hydrogens (tertiary/aromatic N) is 2. The summed E-state index contributed by atoms with van der Waals surface area (Å²) in [6, 6.07) is 23.0. The van der Waals surface area contributed by atoms with E-state index in [0.717, 1.165) is 48.4 Å². The fourth-order valence-electron chi connectivity index (χ4n) is 3.71. The highest BCUT2D eigenvalue weighted by Gasteiger charge is 2.11. The lowest BCUT2D eigenvalue weighted by atomic mass is 10.1. The highest BCUT2D eigenvalue weighted by molar-refractivity contribution is 5.67. The molecule has 0 amide bonds. The van der Waals surface area contributed by atoms with E-state index in [2.05, 4.69) is 32.0 Å². The molecule has 0 unspecified atom stereocenters. The third-order valence-electron chi connectivity index (χ3n) is 5.39. The number of hydrogen-bond donors (Lipinski definition) is 3. The van der Waals surface area contributed by atoms with E-state index in [0.29, 0.717) is 11.7 Å². The van der Waals surface area contributed by atoms with Crippen molar-refractivity contribution in [2.24, 2.45) is 0 Å². The molecule has 3 N–H and O–H groups in total. The zero-order valence-corrected chi connectivity index (χ0v) is 18.0. The summed E-state index contributed by atoms with van der Waals surface area (Å²) in [5.41, 5.74) is 3.91. The molecule has 0 saturated heterocycles. The molecule has 0 atom stereocenters. The van der Waals surface area contributed by atoms with Gasteiger partial charge in [0.05, 0.1) is 6.20 Å². The molecule has 1 aliphatic heterocycles. The SMILES string of the molecule is Fc1cnc(Nc2ccc(Oc3ccccc3)cc2)nc1Nc1ccc2c(c1)NCCCC2. The number of rotatable bonds is 6. The van der Waals surface area contributed by atoms with Gasteiger partial charge in [-0.1, -0.05) is 24.3 Å². The van der Waals surface area contributed by atoms with Crippen molar-refractivity contribution in [1.82, 2.24) is 9.97 Å². The number of fused-ring (bicyclic) bond motifs is 1. The molecular weight excluding hydrogens is 417 g/mol. The Hall–Kier alpha value is -4.13. The summed E-state index contributed by atoms with van der Waals surface area (Å²) in [6.45, 7) is 0.946. The number of halogens is 1. The van der Waals surface area contributed by atoms with E-state index in [1.807, 2.05) is 66.7 Å². The van der Waals surface area contributed by atoms with Crippen molar-refractivity contribution in [1.29, 1.82) is 0 Å². The molecule has 1 aromatic heterocycles. The summed E-state index contributed by atoms with van der Waals surface area (Å²) < 4.78 is 20.2. The predicted octanol–water partition coefficient (Wildman–Crippen LogP) is 6.64. The highest BCUT2D eigenvalue weighted by Crippen LogP contribution is 2.28. The number of ether oxygens (including phenoxy) is 1. The number of hydrogen-bond acceptors (Lipinski definition) is 6. The molecule has 1 aliphatic rings. The first-order chi connectivity index (χ1) is 16.2. The number of aromatic nitrogens is 2. The van der Waals surface area contributed by atoms with Crippen LogP contribution in [0.25, 0.3) is 0 Å². The van der Waals surface area contributed by atoms with E-state index < -0.39 is 5.82 Å². The Morgan fingerprint density at radius 3 is 2.48 bits per heavy atom. The Morgan fingerprint density at radius 1 is 0.848 bits per heavy atom. The molecule has 4 aromatic rings.